The third kappa shape index (κ3) is 3.54. The number of nitrogens with zero attached hydrogens (tertiary/aromatic N) is 1. The van der Waals surface area contributed by atoms with E-state index < -0.39 is 0 Å². The van der Waals surface area contributed by atoms with E-state index in [0.29, 0.717) is 22.2 Å². The number of ether oxygens (including phenoxy) is 1. The summed E-state index contributed by atoms with van der Waals surface area (Å²) in [4.78, 5) is 16.2. The SMILES string of the molecule is COc1cccc(N2C(=O)/C(=C\c3ccc(-c4ccc(F)cc4)s3)NC2=S)c1. The van der Waals surface area contributed by atoms with Crippen molar-refractivity contribution in [2.24, 2.45) is 0 Å². The minimum atomic E-state index is -0.269. The standard InChI is InChI=1S/C21H15FN2O2S2/c1-26-16-4-2-3-15(11-16)24-20(25)18(23-21(24)27)12-17-9-10-19(28-17)13-5-7-14(22)8-6-13/h2-12H,1H3,(H,23,27)/b18-12+. The van der Waals surface area contributed by atoms with Crippen molar-refractivity contribution in [2.45, 2.75) is 0 Å². The lowest BCUT2D eigenvalue weighted by Gasteiger charge is -2.14. The van der Waals surface area contributed by atoms with Crippen LogP contribution in [0.1, 0.15) is 4.88 Å². The maximum atomic E-state index is 13.1. The lowest BCUT2D eigenvalue weighted by molar-refractivity contribution is -0.113. The second-order valence-corrected chi connectivity index (χ2v) is 7.54. The van der Waals surface area contributed by atoms with Gasteiger partial charge in [0.1, 0.15) is 17.3 Å². The normalized spacial score (nSPS) is 15.2. The molecule has 2 aromatic carbocycles. The van der Waals surface area contributed by atoms with E-state index in [0.717, 1.165) is 15.3 Å². The Balaban J connectivity index is 1.60. The topological polar surface area (TPSA) is 41.6 Å². The molecule has 1 fully saturated rings. The molecule has 1 amide bonds. The molecule has 1 N–H and O–H groups in total. The van der Waals surface area contributed by atoms with Gasteiger partial charge in [0.15, 0.2) is 5.11 Å². The molecular weight excluding hydrogens is 395 g/mol. The van der Waals surface area contributed by atoms with Crippen molar-refractivity contribution in [3.8, 4) is 16.2 Å². The maximum Gasteiger partial charge on any atom is 0.281 e. The molecule has 140 valence electrons. The number of amides is 1. The van der Waals surface area contributed by atoms with Crippen LogP contribution in [-0.4, -0.2) is 18.1 Å². The number of hydrogen-bond donors (Lipinski definition) is 1. The molecule has 1 aliphatic heterocycles. The molecule has 0 unspecified atom stereocenters. The third-order valence-electron chi connectivity index (χ3n) is 4.23. The molecule has 3 aromatic rings. The average Bonchev–Trinajstić information content (AvgIpc) is 3.27. The van der Waals surface area contributed by atoms with E-state index in [1.807, 2.05) is 12.1 Å². The average molecular weight is 410 g/mol. The van der Waals surface area contributed by atoms with Gasteiger partial charge in [-0.1, -0.05) is 18.2 Å². The van der Waals surface area contributed by atoms with Gasteiger partial charge in [0.25, 0.3) is 5.91 Å². The molecule has 0 saturated carbocycles. The Kier molecular flexibility index (Phi) is 4.93. The van der Waals surface area contributed by atoms with Crippen LogP contribution in [-0.2, 0) is 4.79 Å². The van der Waals surface area contributed by atoms with Crippen molar-refractivity contribution in [3.05, 3.63) is 77.1 Å². The summed E-state index contributed by atoms with van der Waals surface area (Å²) in [5.41, 5.74) is 1.97. The Bertz CT molecular complexity index is 1090. The van der Waals surface area contributed by atoms with Crippen LogP contribution >= 0.6 is 23.6 Å². The molecule has 1 aliphatic rings. The van der Waals surface area contributed by atoms with Gasteiger partial charge in [0.05, 0.1) is 12.8 Å². The van der Waals surface area contributed by atoms with Gasteiger partial charge in [0.2, 0.25) is 0 Å². The molecule has 0 atom stereocenters. The van der Waals surface area contributed by atoms with E-state index in [4.69, 9.17) is 17.0 Å². The van der Waals surface area contributed by atoms with Crippen LogP contribution in [0.2, 0.25) is 0 Å². The number of rotatable bonds is 4. The zero-order chi connectivity index (χ0) is 19.7. The number of carbonyl (C=O) groups is 1. The van der Waals surface area contributed by atoms with Crippen molar-refractivity contribution in [1.29, 1.82) is 0 Å². The number of thiophene rings is 1. The minimum absolute atomic E-state index is 0.227. The zero-order valence-corrected chi connectivity index (χ0v) is 16.4. The first-order valence-corrected chi connectivity index (χ1v) is 9.64. The Labute approximate surface area is 170 Å². The lowest BCUT2D eigenvalue weighted by atomic mass is 10.2. The van der Waals surface area contributed by atoms with Crippen LogP contribution < -0.4 is 15.0 Å². The second-order valence-electron chi connectivity index (χ2n) is 6.04. The number of thiocarbonyl (C=S) groups is 1. The summed E-state index contributed by atoms with van der Waals surface area (Å²) in [6.07, 6.45) is 1.77. The number of carbonyl (C=O) groups excluding carboxylic acids is 1. The Morgan fingerprint density at radius 3 is 2.68 bits per heavy atom. The molecule has 7 heteroatoms. The number of nitrogens with one attached hydrogen (secondary N) is 1. The highest BCUT2D eigenvalue weighted by Crippen LogP contribution is 2.31. The van der Waals surface area contributed by atoms with E-state index in [-0.39, 0.29) is 11.7 Å². The van der Waals surface area contributed by atoms with E-state index in [2.05, 4.69) is 5.32 Å². The van der Waals surface area contributed by atoms with Crippen LogP contribution in [0.5, 0.6) is 5.75 Å². The van der Waals surface area contributed by atoms with Crippen LogP contribution in [0.25, 0.3) is 16.5 Å². The molecule has 0 bridgehead atoms. The number of benzene rings is 2. The van der Waals surface area contributed by atoms with Gasteiger partial charge in [-0.3, -0.25) is 9.69 Å². The monoisotopic (exact) mass is 410 g/mol. The number of anilines is 1. The zero-order valence-electron chi connectivity index (χ0n) is 14.8. The van der Waals surface area contributed by atoms with Gasteiger partial charge in [-0.25, -0.2) is 4.39 Å². The quantitative estimate of drug-likeness (QED) is 0.494. The van der Waals surface area contributed by atoms with Gasteiger partial charge in [-0.2, -0.15) is 0 Å². The number of hydrogen-bond acceptors (Lipinski definition) is 4. The summed E-state index contributed by atoms with van der Waals surface area (Å²) < 4.78 is 18.3. The van der Waals surface area contributed by atoms with Crippen molar-refractivity contribution in [3.63, 3.8) is 0 Å². The van der Waals surface area contributed by atoms with E-state index in [1.165, 1.54) is 28.4 Å². The van der Waals surface area contributed by atoms with Crippen LogP contribution in [0.15, 0.2) is 66.4 Å². The van der Waals surface area contributed by atoms with Gasteiger partial charge in [0, 0.05) is 15.8 Å². The van der Waals surface area contributed by atoms with Gasteiger partial charge < -0.3 is 10.1 Å². The van der Waals surface area contributed by atoms with Crippen molar-refractivity contribution < 1.29 is 13.9 Å². The fraction of sp³-hybridized carbons (Fsp3) is 0.0476. The molecule has 0 spiro atoms. The summed E-state index contributed by atoms with van der Waals surface area (Å²) in [5, 5.41) is 3.30. The first-order valence-electron chi connectivity index (χ1n) is 8.42. The van der Waals surface area contributed by atoms with Gasteiger partial charge in [-0.05, 0) is 60.3 Å². The molecule has 1 saturated heterocycles. The molecule has 0 radical (unpaired) electrons. The first-order chi connectivity index (χ1) is 13.5. The fourth-order valence-electron chi connectivity index (χ4n) is 2.86. The Morgan fingerprint density at radius 1 is 1.14 bits per heavy atom. The molecule has 0 aliphatic carbocycles. The van der Waals surface area contributed by atoms with Crippen LogP contribution in [0.4, 0.5) is 10.1 Å². The highest BCUT2D eigenvalue weighted by atomic mass is 32.1. The smallest absolute Gasteiger partial charge is 0.281 e. The number of halogens is 1. The molecule has 1 aromatic heterocycles. The predicted molar refractivity (Wildman–Crippen MR) is 114 cm³/mol. The first kappa shape index (κ1) is 18.3. The van der Waals surface area contributed by atoms with Crippen LogP contribution in [0, 0.1) is 5.82 Å². The molecule has 2 heterocycles. The van der Waals surface area contributed by atoms with Crippen LogP contribution in [0.3, 0.4) is 0 Å². The highest BCUT2D eigenvalue weighted by molar-refractivity contribution is 7.80. The molecule has 4 rings (SSSR count). The van der Waals surface area contributed by atoms with Crippen molar-refractivity contribution >= 4 is 46.3 Å². The Morgan fingerprint density at radius 2 is 1.93 bits per heavy atom. The Hall–Kier alpha value is -3.03. The lowest BCUT2D eigenvalue weighted by Crippen LogP contribution is -2.30. The summed E-state index contributed by atoms with van der Waals surface area (Å²) in [7, 11) is 1.57. The van der Waals surface area contributed by atoms with E-state index in [1.54, 1.807) is 49.6 Å². The molecule has 28 heavy (non-hydrogen) atoms. The molecular formula is C21H15FN2O2S2. The summed E-state index contributed by atoms with van der Waals surface area (Å²) in [5.74, 6) is 0.150. The number of methoxy groups -OCH3 is 1. The highest BCUT2D eigenvalue weighted by Gasteiger charge is 2.32. The van der Waals surface area contributed by atoms with Crippen molar-refractivity contribution in [2.75, 3.05) is 12.0 Å². The minimum Gasteiger partial charge on any atom is -0.497 e. The molecule has 4 nitrogen and oxygen atoms in total. The largest absolute Gasteiger partial charge is 0.497 e. The maximum absolute atomic E-state index is 13.1. The summed E-state index contributed by atoms with van der Waals surface area (Å²) in [6, 6.07) is 17.4. The van der Waals surface area contributed by atoms with E-state index in [9.17, 15) is 9.18 Å². The third-order valence-corrected chi connectivity index (χ3v) is 5.60. The summed E-state index contributed by atoms with van der Waals surface area (Å²) >= 11 is 6.86. The summed E-state index contributed by atoms with van der Waals surface area (Å²) in [6.45, 7) is 0. The fourth-order valence-corrected chi connectivity index (χ4v) is 4.12. The van der Waals surface area contributed by atoms with Crippen molar-refractivity contribution in [1.82, 2.24) is 5.32 Å². The predicted octanol–water partition coefficient (Wildman–Crippen LogP) is 4.83. The van der Waals surface area contributed by atoms with Gasteiger partial charge >= 0.3 is 0 Å². The second kappa shape index (κ2) is 7.53. The van der Waals surface area contributed by atoms with E-state index >= 15 is 0 Å². The van der Waals surface area contributed by atoms with Gasteiger partial charge in [-0.15, -0.1) is 11.3 Å².